The average Bonchev–Trinajstić information content (AvgIpc) is 2.92. The Morgan fingerprint density at radius 1 is 0.972 bits per heavy atom. The lowest BCUT2D eigenvalue weighted by atomic mass is 10.1. The molecule has 0 amide bonds. The second-order valence-electron chi connectivity index (χ2n) is 8.02. The lowest BCUT2D eigenvalue weighted by Crippen LogP contribution is -2.28. The SMILES string of the molecule is CCCOCCn1c(=O)c(NCCCNc2cncnc2)nc2ncc(-c3ccc(OC)nc3)cc21. The molecule has 4 heterocycles. The van der Waals surface area contributed by atoms with Crippen LogP contribution < -0.4 is 20.9 Å². The maximum Gasteiger partial charge on any atom is 0.293 e. The van der Waals surface area contributed by atoms with Crippen LogP contribution >= 0.6 is 0 Å². The Hall–Kier alpha value is -4.12. The number of aromatic nitrogens is 6. The van der Waals surface area contributed by atoms with Crippen molar-refractivity contribution in [3.63, 3.8) is 0 Å². The van der Waals surface area contributed by atoms with Crippen LogP contribution in [0.4, 0.5) is 11.5 Å². The van der Waals surface area contributed by atoms with Crippen molar-refractivity contribution in [1.29, 1.82) is 0 Å². The molecule has 11 nitrogen and oxygen atoms in total. The van der Waals surface area contributed by atoms with Gasteiger partial charge in [0.1, 0.15) is 6.33 Å². The van der Waals surface area contributed by atoms with Crippen LogP contribution in [0.15, 0.2) is 54.1 Å². The van der Waals surface area contributed by atoms with Gasteiger partial charge in [0.2, 0.25) is 5.88 Å². The highest BCUT2D eigenvalue weighted by molar-refractivity contribution is 5.78. The average molecular weight is 491 g/mol. The van der Waals surface area contributed by atoms with Gasteiger partial charge in [-0.3, -0.25) is 9.36 Å². The van der Waals surface area contributed by atoms with Gasteiger partial charge in [0.05, 0.1) is 37.3 Å². The molecule has 0 radical (unpaired) electrons. The van der Waals surface area contributed by atoms with Crippen LogP contribution in [0.1, 0.15) is 19.8 Å². The van der Waals surface area contributed by atoms with E-state index in [1.165, 1.54) is 6.33 Å². The summed E-state index contributed by atoms with van der Waals surface area (Å²) in [5, 5.41) is 6.42. The Kier molecular flexibility index (Phi) is 8.71. The predicted molar refractivity (Wildman–Crippen MR) is 138 cm³/mol. The molecule has 0 bridgehead atoms. The van der Waals surface area contributed by atoms with Gasteiger partial charge in [0.25, 0.3) is 5.56 Å². The monoisotopic (exact) mass is 490 g/mol. The maximum absolute atomic E-state index is 13.4. The van der Waals surface area contributed by atoms with Gasteiger partial charge in [-0.15, -0.1) is 0 Å². The number of anilines is 2. The van der Waals surface area contributed by atoms with Crippen molar-refractivity contribution in [2.75, 3.05) is 44.0 Å². The number of rotatable bonds is 13. The van der Waals surface area contributed by atoms with Gasteiger partial charge in [0.15, 0.2) is 11.5 Å². The number of hydrogen-bond donors (Lipinski definition) is 2. The summed E-state index contributed by atoms with van der Waals surface area (Å²) in [6.07, 6.45) is 10.0. The molecule has 0 aromatic carbocycles. The van der Waals surface area contributed by atoms with E-state index in [9.17, 15) is 4.79 Å². The normalized spacial score (nSPS) is 10.9. The van der Waals surface area contributed by atoms with Gasteiger partial charge in [-0.2, -0.15) is 0 Å². The number of hydrogen-bond acceptors (Lipinski definition) is 10. The van der Waals surface area contributed by atoms with E-state index in [0.717, 1.165) is 29.7 Å². The lowest BCUT2D eigenvalue weighted by Gasteiger charge is -2.14. The standard InChI is InChI=1S/C25H30N8O3/c1-3-10-36-11-9-33-21-12-19(18-5-6-22(35-2)30-13-18)14-31-23(21)32-24(25(33)34)29-8-4-7-28-20-15-26-17-27-16-20/h5-6,12-17,28H,3-4,7-11H2,1-2H3,(H,29,31,32). The number of nitrogens with zero attached hydrogens (tertiary/aromatic N) is 6. The summed E-state index contributed by atoms with van der Waals surface area (Å²) in [6.45, 7) is 4.77. The molecular weight excluding hydrogens is 460 g/mol. The van der Waals surface area contributed by atoms with Gasteiger partial charge < -0.3 is 20.1 Å². The van der Waals surface area contributed by atoms with Gasteiger partial charge in [0, 0.05) is 55.8 Å². The highest BCUT2D eigenvalue weighted by Gasteiger charge is 2.13. The second kappa shape index (κ2) is 12.5. The first-order valence-electron chi connectivity index (χ1n) is 11.9. The molecule has 0 fully saturated rings. The molecule has 0 aliphatic heterocycles. The van der Waals surface area contributed by atoms with E-state index in [1.807, 2.05) is 12.1 Å². The lowest BCUT2D eigenvalue weighted by molar-refractivity contribution is 0.127. The van der Waals surface area contributed by atoms with E-state index in [2.05, 4.69) is 42.5 Å². The molecule has 0 saturated heterocycles. The van der Waals surface area contributed by atoms with Crippen LogP contribution in [0.25, 0.3) is 22.3 Å². The molecule has 4 rings (SSSR count). The largest absolute Gasteiger partial charge is 0.481 e. The molecule has 11 heteroatoms. The number of pyridine rings is 2. The Labute approximate surface area is 209 Å². The van der Waals surface area contributed by atoms with Crippen molar-refractivity contribution in [2.45, 2.75) is 26.3 Å². The summed E-state index contributed by atoms with van der Waals surface area (Å²) in [5.41, 5.74) is 3.47. The Morgan fingerprint density at radius 3 is 2.53 bits per heavy atom. The smallest absolute Gasteiger partial charge is 0.293 e. The molecule has 0 spiro atoms. The highest BCUT2D eigenvalue weighted by Crippen LogP contribution is 2.23. The van der Waals surface area contributed by atoms with Crippen LogP contribution in [0.5, 0.6) is 5.88 Å². The molecule has 188 valence electrons. The highest BCUT2D eigenvalue weighted by atomic mass is 16.5. The molecule has 0 aliphatic rings. The van der Waals surface area contributed by atoms with Gasteiger partial charge in [-0.1, -0.05) is 6.92 Å². The zero-order chi connectivity index (χ0) is 25.2. The van der Waals surface area contributed by atoms with Crippen LogP contribution in [-0.4, -0.2) is 62.9 Å². The van der Waals surface area contributed by atoms with Gasteiger partial charge in [-0.05, 0) is 25.0 Å². The minimum absolute atomic E-state index is 0.209. The van der Waals surface area contributed by atoms with E-state index in [0.29, 0.717) is 49.9 Å². The fourth-order valence-corrected chi connectivity index (χ4v) is 3.61. The van der Waals surface area contributed by atoms with Crippen LogP contribution in [-0.2, 0) is 11.3 Å². The Balaban J connectivity index is 1.54. The van der Waals surface area contributed by atoms with Gasteiger partial charge in [-0.25, -0.2) is 24.9 Å². The van der Waals surface area contributed by atoms with E-state index in [4.69, 9.17) is 9.47 Å². The quantitative estimate of drug-likeness (QED) is 0.270. The number of methoxy groups -OCH3 is 1. The molecule has 0 saturated carbocycles. The topological polar surface area (TPSA) is 129 Å². The van der Waals surface area contributed by atoms with E-state index in [-0.39, 0.29) is 11.4 Å². The molecule has 0 unspecified atom stereocenters. The Bertz CT molecular complexity index is 1310. The van der Waals surface area contributed by atoms with E-state index < -0.39 is 0 Å². The van der Waals surface area contributed by atoms with Crippen LogP contribution in [0, 0.1) is 0 Å². The Morgan fingerprint density at radius 2 is 1.78 bits per heavy atom. The summed E-state index contributed by atoms with van der Waals surface area (Å²) >= 11 is 0. The third kappa shape index (κ3) is 6.30. The molecule has 36 heavy (non-hydrogen) atoms. The first-order valence-corrected chi connectivity index (χ1v) is 11.9. The first kappa shape index (κ1) is 25.0. The van der Waals surface area contributed by atoms with Crippen molar-refractivity contribution in [1.82, 2.24) is 29.5 Å². The van der Waals surface area contributed by atoms with Crippen molar-refractivity contribution in [3.8, 4) is 17.0 Å². The van der Waals surface area contributed by atoms with Crippen molar-refractivity contribution in [3.05, 3.63) is 59.7 Å². The molecular formula is C25H30N8O3. The number of ether oxygens (including phenoxy) is 2. The zero-order valence-electron chi connectivity index (χ0n) is 20.5. The zero-order valence-corrected chi connectivity index (χ0v) is 20.5. The minimum Gasteiger partial charge on any atom is -0.481 e. The third-order valence-corrected chi connectivity index (χ3v) is 5.43. The maximum atomic E-state index is 13.4. The van der Waals surface area contributed by atoms with E-state index in [1.54, 1.807) is 42.5 Å². The molecule has 4 aromatic heterocycles. The van der Waals surface area contributed by atoms with E-state index >= 15 is 0 Å². The van der Waals surface area contributed by atoms with Gasteiger partial charge >= 0.3 is 0 Å². The minimum atomic E-state index is -0.209. The van der Waals surface area contributed by atoms with Crippen LogP contribution in [0.2, 0.25) is 0 Å². The number of fused-ring (bicyclic) bond motifs is 1. The fraction of sp³-hybridized carbons (Fsp3) is 0.360. The van der Waals surface area contributed by atoms with Crippen LogP contribution in [0.3, 0.4) is 0 Å². The summed E-state index contributed by atoms with van der Waals surface area (Å²) < 4.78 is 12.5. The predicted octanol–water partition coefficient (Wildman–Crippen LogP) is 2.99. The van der Waals surface area contributed by atoms with Crippen molar-refractivity contribution in [2.24, 2.45) is 0 Å². The van der Waals surface area contributed by atoms with Crippen molar-refractivity contribution < 1.29 is 9.47 Å². The molecule has 2 N–H and O–H groups in total. The van der Waals surface area contributed by atoms with Crippen molar-refractivity contribution >= 4 is 22.7 Å². The number of nitrogens with one attached hydrogen (secondary N) is 2. The molecule has 4 aromatic rings. The third-order valence-electron chi connectivity index (χ3n) is 5.43. The first-order chi connectivity index (χ1) is 17.7. The molecule has 0 aliphatic carbocycles. The summed E-state index contributed by atoms with van der Waals surface area (Å²) in [4.78, 5) is 34.7. The second-order valence-corrected chi connectivity index (χ2v) is 8.02. The molecule has 0 atom stereocenters. The fourth-order valence-electron chi connectivity index (χ4n) is 3.61. The summed E-state index contributed by atoms with van der Waals surface area (Å²) in [7, 11) is 1.57. The summed E-state index contributed by atoms with van der Waals surface area (Å²) in [5.74, 6) is 0.801. The summed E-state index contributed by atoms with van der Waals surface area (Å²) in [6, 6.07) is 5.60.